The SMILES string of the molecule is NC(=O)c1ccc(OC2CC2)c(NC(=O)Cc2ccccn2)c1-c1ccc(-c2ccccc2F)nc1. The molecule has 0 unspecified atom stereocenters. The van der Waals surface area contributed by atoms with Gasteiger partial charge in [0.1, 0.15) is 11.6 Å². The fourth-order valence-corrected chi connectivity index (χ4v) is 3.90. The molecule has 8 heteroatoms. The van der Waals surface area contributed by atoms with E-state index in [1.54, 1.807) is 66.9 Å². The molecule has 0 atom stereocenters. The van der Waals surface area contributed by atoms with Crippen LogP contribution in [0.25, 0.3) is 22.4 Å². The van der Waals surface area contributed by atoms with Crippen molar-refractivity contribution in [1.29, 1.82) is 0 Å². The van der Waals surface area contributed by atoms with Crippen LogP contribution in [0.15, 0.2) is 79.1 Å². The van der Waals surface area contributed by atoms with Gasteiger partial charge in [0, 0.05) is 40.3 Å². The van der Waals surface area contributed by atoms with Crippen molar-refractivity contribution in [2.45, 2.75) is 25.4 Å². The molecule has 0 spiro atoms. The summed E-state index contributed by atoms with van der Waals surface area (Å²) in [5.74, 6) is -0.947. The lowest BCUT2D eigenvalue weighted by Crippen LogP contribution is -2.19. The summed E-state index contributed by atoms with van der Waals surface area (Å²) in [6, 6.07) is 18.3. The third-order valence-electron chi connectivity index (χ3n) is 5.78. The first-order chi connectivity index (χ1) is 17.5. The number of carbonyl (C=O) groups excluding carboxylic acids is 2. The maximum Gasteiger partial charge on any atom is 0.249 e. The number of halogens is 1. The lowest BCUT2D eigenvalue weighted by Gasteiger charge is -2.19. The molecular weight excluding hydrogens is 459 g/mol. The molecule has 1 fully saturated rings. The molecular formula is C28H23FN4O3. The first-order valence-corrected chi connectivity index (χ1v) is 11.5. The quantitative estimate of drug-likeness (QED) is 0.376. The van der Waals surface area contributed by atoms with Gasteiger partial charge in [-0.1, -0.05) is 24.3 Å². The summed E-state index contributed by atoms with van der Waals surface area (Å²) in [6.07, 6.45) is 5.05. The van der Waals surface area contributed by atoms with E-state index in [9.17, 15) is 14.0 Å². The predicted octanol–water partition coefficient (Wildman–Crippen LogP) is 4.77. The Hall–Kier alpha value is -4.59. The number of rotatable bonds is 8. The van der Waals surface area contributed by atoms with Crippen LogP contribution in [-0.2, 0) is 11.2 Å². The third-order valence-corrected chi connectivity index (χ3v) is 5.78. The Bertz CT molecular complexity index is 1420. The van der Waals surface area contributed by atoms with Crippen LogP contribution >= 0.6 is 0 Å². The number of hydrogen-bond acceptors (Lipinski definition) is 5. The molecule has 0 bridgehead atoms. The molecule has 1 aliphatic rings. The second-order valence-corrected chi connectivity index (χ2v) is 8.50. The zero-order valence-corrected chi connectivity index (χ0v) is 19.3. The van der Waals surface area contributed by atoms with Gasteiger partial charge in [-0.15, -0.1) is 0 Å². The molecule has 0 radical (unpaired) electrons. The van der Waals surface area contributed by atoms with Crippen LogP contribution < -0.4 is 15.8 Å². The number of pyridine rings is 2. The van der Waals surface area contributed by atoms with Crippen molar-refractivity contribution in [3.05, 3.63) is 96.2 Å². The molecule has 0 saturated heterocycles. The van der Waals surface area contributed by atoms with E-state index >= 15 is 0 Å². The van der Waals surface area contributed by atoms with Gasteiger partial charge in [-0.3, -0.25) is 19.6 Å². The Kier molecular flexibility index (Phi) is 6.40. The molecule has 7 nitrogen and oxygen atoms in total. The molecule has 4 aromatic rings. The number of anilines is 1. The number of primary amides is 1. The van der Waals surface area contributed by atoms with E-state index in [4.69, 9.17) is 10.5 Å². The van der Waals surface area contributed by atoms with E-state index < -0.39 is 11.7 Å². The number of benzene rings is 2. The summed E-state index contributed by atoms with van der Waals surface area (Å²) in [4.78, 5) is 34.0. The molecule has 5 rings (SSSR count). The van der Waals surface area contributed by atoms with Crippen molar-refractivity contribution >= 4 is 17.5 Å². The number of amides is 2. The summed E-state index contributed by atoms with van der Waals surface area (Å²) >= 11 is 0. The molecule has 180 valence electrons. The molecule has 2 aromatic carbocycles. The average molecular weight is 483 g/mol. The lowest BCUT2D eigenvalue weighted by molar-refractivity contribution is -0.115. The maximum atomic E-state index is 14.3. The second kappa shape index (κ2) is 9.95. The minimum absolute atomic E-state index is 0.0361. The van der Waals surface area contributed by atoms with E-state index in [1.807, 2.05) is 0 Å². The normalized spacial score (nSPS) is 12.7. The molecule has 1 aliphatic carbocycles. The highest BCUT2D eigenvalue weighted by atomic mass is 19.1. The van der Waals surface area contributed by atoms with Gasteiger partial charge in [0.05, 0.1) is 23.9 Å². The van der Waals surface area contributed by atoms with E-state index in [-0.39, 0.29) is 24.0 Å². The molecule has 3 N–H and O–H groups in total. The second-order valence-electron chi connectivity index (χ2n) is 8.50. The van der Waals surface area contributed by atoms with Crippen molar-refractivity contribution < 1.29 is 18.7 Å². The van der Waals surface area contributed by atoms with E-state index in [1.165, 1.54) is 12.3 Å². The molecule has 1 saturated carbocycles. The van der Waals surface area contributed by atoms with Gasteiger partial charge >= 0.3 is 0 Å². The number of carbonyl (C=O) groups is 2. The first-order valence-electron chi connectivity index (χ1n) is 11.5. The average Bonchev–Trinajstić information content (AvgIpc) is 3.70. The molecule has 36 heavy (non-hydrogen) atoms. The third kappa shape index (κ3) is 5.07. The van der Waals surface area contributed by atoms with Gasteiger partial charge < -0.3 is 15.8 Å². The number of hydrogen-bond donors (Lipinski definition) is 2. The number of ether oxygens (including phenoxy) is 1. The van der Waals surface area contributed by atoms with Crippen LogP contribution in [0.3, 0.4) is 0 Å². The highest BCUT2D eigenvalue weighted by Crippen LogP contribution is 2.41. The molecule has 2 heterocycles. The van der Waals surface area contributed by atoms with E-state index in [0.29, 0.717) is 39.5 Å². The van der Waals surface area contributed by atoms with Crippen LogP contribution in [0.2, 0.25) is 0 Å². The Labute approximate surface area is 207 Å². The lowest BCUT2D eigenvalue weighted by atomic mass is 9.96. The minimum atomic E-state index is -0.665. The maximum absolute atomic E-state index is 14.3. The summed E-state index contributed by atoms with van der Waals surface area (Å²) in [7, 11) is 0. The zero-order chi connectivity index (χ0) is 25.1. The van der Waals surface area contributed by atoms with Gasteiger partial charge in [0.15, 0.2) is 0 Å². The van der Waals surface area contributed by atoms with Crippen LogP contribution in [0, 0.1) is 5.82 Å². The van der Waals surface area contributed by atoms with Crippen LogP contribution in [0.5, 0.6) is 5.75 Å². The molecule has 2 aromatic heterocycles. The van der Waals surface area contributed by atoms with Gasteiger partial charge in [0.25, 0.3) is 0 Å². The molecule has 0 aliphatic heterocycles. The van der Waals surface area contributed by atoms with Crippen LogP contribution in [-0.4, -0.2) is 27.9 Å². The smallest absolute Gasteiger partial charge is 0.249 e. The number of nitrogens with one attached hydrogen (secondary N) is 1. The highest BCUT2D eigenvalue weighted by Gasteiger charge is 2.28. The zero-order valence-electron chi connectivity index (χ0n) is 19.3. The van der Waals surface area contributed by atoms with Crippen molar-refractivity contribution in [1.82, 2.24) is 9.97 Å². The summed E-state index contributed by atoms with van der Waals surface area (Å²) < 4.78 is 20.3. The summed E-state index contributed by atoms with van der Waals surface area (Å²) in [5, 5.41) is 2.91. The Morgan fingerprint density at radius 1 is 1.00 bits per heavy atom. The van der Waals surface area contributed by atoms with Crippen molar-refractivity contribution in [3.63, 3.8) is 0 Å². The van der Waals surface area contributed by atoms with Crippen molar-refractivity contribution in [3.8, 4) is 28.1 Å². The summed E-state index contributed by atoms with van der Waals surface area (Å²) in [5.41, 5.74) is 8.55. The van der Waals surface area contributed by atoms with Gasteiger partial charge in [-0.25, -0.2) is 4.39 Å². The topological polar surface area (TPSA) is 107 Å². The highest BCUT2D eigenvalue weighted by molar-refractivity contribution is 6.07. The fourth-order valence-electron chi connectivity index (χ4n) is 3.90. The Balaban J connectivity index is 1.57. The number of nitrogens with zero attached hydrogens (tertiary/aromatic N) is 2. The number of aromatic nitrogens is 2. The Morgan fingerprint density at radius 2 is 1.81 bits per heavy atom. The van der Waals surface area contributed by atoms with Crippen molar-refractivity contribution in [2.24, 2.45) is 5.73 Å². The fraction of sp³-hybridized carbons (Fsp3) is 0.143. The van der Waals surface area contributed by atoms with Gasteiger partial charge in [-0.2, -0.15) is 0 Å². The van der Waals surface area contributed by atoms with Crippen LogP contribution in [0.4, 0.5) is 10.1 Å². The minimum Gasteiger partial charge on any atom is -0.488 e. The largest absolute Gasteiger partial charge is 0.488 e. The monoisotopic (exact) mass is 482 g/mol. The standard InChI is InChI=1S/C28H23FN4O3/c29-22-7-2-1-6-20(22)23-12-8-17(16-32-23)26-21(28(30)35)11-13-24(36-19-9-10-19)27(26)33-25(34)15-18-5-3-4-14-31-18/h1-8,11-14,16,19H,9-10,15H2,(H2,30,35)(H,33,34). The van der Waals surface area contributed by atoms with Gasteiger partial charge in [0.2, 0.25) is 11.8 Å². The molecule has 2 amide bonds. The van der Waals surface area contributed by atoms with Gasteiger partial charge in [-0.05, 0) is 55.3 Å². The van der Waals surface area contributed by atoms with E-state index in [2.05, 4.69) is 15.3 Å². The van der Waals surface area contributed by atoms with E-state index in [0.717, 1.165) is 12.8 Å². The van der Waals surface area contributed by atoms with Crippen LogP contribution in [0.1, 0.15) is 28.9 Å². The first kappa shape index (κ1) is 23.2. The Morgan fingerprint density at radius 3 is 2.47 bits per heavy atom. The van der Waals surface area contributed by atoms with Crippen molar-refractivity contribution in [2.75, 3.05) is 5.32 Å². The number of nitrogens with two attached hydrogens (primary N) is 1. The predicted molar refractivity (Wildman–Crippen MR) is 134 cm³/mol. The summed E-state index contributed by atoms with van der Waals surface area (Å²) in [6.45, 7) is 0.